The Bertz CT molecular complexity index is 300. The summed E-state index contributed by atoms with van der Waals surface area (Å²) in [5.41, 5.74) is -0.708. The zero-order valence-corrected chi connectivity index (χ0v) is 10.4. The average Bonchev–Trinajstić information content (AvgIpc) is 2.07. The van der Waals surface area contributed by atoms with Crippen molar-refractivity contribution in [2.75, 3.05) is 6.54 Å². The highest BCUT2D eigenvalue weighted by molar-refractivity contribution is 5.77. The molecule has 0 aromatic carbocycles. The van der Waals surface area contributed by atoms with Gasteiger partial charge in [0.05, 0.1) is 6.42 Å². The molecule has 0 atom stereocenters. The van der Waals surface area contributed by atoms with Gasteiger partial charge in [-0.2, -0.15) is 13.2 Å². The quantitative estimate of drug-likeness (QED) is 0.697. The first-order chi connectivity index (χ1) is 8.02. The molecule has 0 bridgehead atoms. The van der Waals surface area contributed by atoms with Gasteiger partial charge in [-0.05, 0) is 11.8 Å². The lowest BCUT2D eigenvalue weighted by Gasteiger charge is -2.21. The Morgan fingerprint density at radius 2 is 1.72 bits per heavy atom. The zero-order valence-electron chi connectivity index (χ0n) is 10.4. The van der Waals surface area contributed by atoms with Crippen LogP contribution >= 0.6 is 0 Å². The van der Waals surface area contributed by atoms with Crippen molar-refractivity contribution in [3.05, 3.63) is 0 Å². The second-order valence-electron chi connectivity index (χ2n) is 4.98. The van der Waals surface area contributed by atoms with Crippen LogP contribution in [0.15, 0.2) is 0 Å². The van der Waals surface area contributed by atoms with Crippen LogP contribution < -0.4 is 5.32 Å². The van der Waals surface area contributed by atoms with Crippen LogP contribution in [0.5, 0.6) is 0 Å². The third-order valence-electron chi connectivity index (χ3n) is 2.23. The highest BCUT2D eigenvalue weighted by Crippen LogP contribution is 2.25. The Hall–Kier alpha value is -1.27. The Morgan fingerprint density at radius 3 is 2.17 bits per heavy atom. The van der Waals surface area contributed by atoms with Crippen molar-refractivity contribution in [3.63, 3.8) is 0 Å². The Kier molecular flexibility index (Phi) is 6.14. The second-order valence-corrected chi connectivity index (χ2v) is 4.98. The van der Waals surface area contributed by atoms with E-state index in [1.165, 1.54) is 0 Å². The number of carbonyl (C=O) groups is 2. The van der Waals surface area contributed by atoms with Crippen molar-refractivity contribution >= 4 is 11.9 Å². The summed E-state index contributed by atoms with van der Waals surface area (Å²) in [6.07, 6.45) is -5.51. The van der Waals surface area contributed by atoms with E-state index in [2.05, 4.69) is 5.32 Å². The number of carboxylic acid groups (broad SMARTS) is 1. The molecule has 7 heteroatoms. The molecule has 0 saturated heterocycles. The van der Waals surface area contributed by atoms with E-state index >= 15 is 0 Å². The zero-order chi connectivity index (χ0) is 14.4. The van der Waals surface area contributed by atoms with E-state index in [1.807, 2.05) is 0 Å². The minimum atomic E-state index is -4.21. The molecule has 0 spiro atoms. The van der Waals surface area contributed by atoms with Gasteiger partial charge < -0.3 is 10.4 Å². The molecule has 0 unspecified atom stereocenters. The van der Waals surface area contributed by atoms with E-state index in [-0.39, 0.29) is 25.8 Å². The maximum Gasteiger partial charge on any atom is 0.389 e. The van der Waals surface area contributed by atoms with Crippen LogP contribution in [0.2, 0.25) is 0 Å². The van der Waals surface area contributed by atoms with Crippen LogP contribution in [-0.2, 0) is 9.59 Å². The molecule has 0 aliphatic rings. The van der Waals surface area contributed by atoms with E-state index < -0.39 is 29.9 Å². The summed E-state index contributed by atoms with van der Waals surface area (Å²) < 4.78 is 35.5. The molecule has 0 heterocycles. The summed E-state index contributed by atoms with van der Waals surface area (Å²) in [6, 6.07) is 0. The van der Waals surface area contributed by atoms with Crippen LogP contribution in [0, 0.1) is 5.41 Å². The van der Waals surface area contributed by atoms with Crippen LogP contribution in [0.1, 0.15) is 39.5 Å². The monoisotopic (exact) mass is 269 g/mol. The topological polar surface area (TPSA) is 66.4 Å². The molecule has 18 heavy (non-hydrogen) atoms. The molecular weight excluding hydrogens is 251 g/mol. The first-order valence-corrected chi connectivity index (χ1v) is 5.57. The molecular formula is C11H18F3NO3. The molecule has 1 amide bonds. The predicted molar refractivity (Wildman–Crippen MR) is 58.9 cm³/mol. The van der Waals surface area contributed by atoms with Gasteiger partial charge in [0.1, 0.15) is 0 Å². The van der Waals surface area contributed by atoms with Gasteiger partial charge in [0.25, 0.3) is 0 Å². The lowest BCUT2D eigenvalue weighted by Crippen LogP contribution is -2.31. The fraction of sp³-hybridized carbons (Fsp3) is 0.818. The fourth-order valence-electron chi connectivity index (χ4n) is 1.49. The minimum absolute atomic E-state index is 0.0225. The van der Waals surface area contributed by atoms with Crippen LogP contribution in [0.4, 0.5) is 13.2 Å². The normalized spacial score (nSPS) is 12.3. The lowest BCUT2D eigenvalue weighted by atomic mass is 9.85. The van der Waals surface area contributed by atoms with Gasteiger partial charge in [-0.3, -0.25) is 9.59 Å². The third-order valence-corrected chi connectivity index (χ3v) is 2.23. The molecule has 106 valence electrons. The number of hydrogen-bond acceptors (Lipinski definition) is 2. The molecule has 4 nitrogen and oxygen atoms in total. The van der Waals surface area contributed by atoms with Gasteiger partial charge in [-0.1, -0.05) is 13.8 Å². The van der Waals surface area contributed by atoms with Gasteiger partial charge in [0.15, 0.2) is 0 Å². The maximum atomic E-state index is 11.8. The summed E-state index contributed by atoms with van der Waals surface area (Å²) in [4.78, 5) is 21.9. The maximum absolute atomic E-state index is 11.8. The predicted octanol–water partition coefficient (Wildman–Crippen LogP) is 2.34. The number of amides is 1. The number of rotatable bonds is 7. The molecule has 0 rings (SSSR count). The summed E-state index contributed by atoms with van der Waals surface area (Å²) in [6.45, 7) is 3.19. The molecule has 0 aromatic heterocycles. The van der Waals surface area contributed by atoms with Crippen molar-refractivity contribution in [1.82, 2.24) is 5.32 Å². The molecule has 0 aliphatic carbocycles. The molecule has 0 radical (unpaired) electrons. The largest absolute Gasteiger partial charge is 0.481 e. The fourth-order valence-corrected chi connectivity index (χ4v) is 1.49. The van der Waals surface area contributed by atoms with Crippen molar-refractivity contribution in [3.8, 4) is 0 Å². The number of nitrogens with one attached hydrogen (secondary N) is 1. The summed E-state index contributed by atoms with van der Waals surface area (Å²) in [5.74, 6) is -1.44. The number of hydrogen-bond donors (Lipinski definition) is 2. The molecule has 0 fully saturated rings. The van der Waals surface area contributed by atoms with Gasteiger partial charge in [0, 0.05) is 19.4 Å². The number of aliphatic carboxylic acids is 1. The van der Waals surface area contributed by atoms with E-state index in [9.17, 15) is 22.8 Å². The van der Waals surface area contributed by atoms with Gasteiger partial charge in [-0.25, -0.2) is 0 Å². The van der Waals surface area contributed by atoms with Crippen molar-refractivity contribution in [2.45, 2.75) is 45.7 Å². The summed E-state index contributed by atoms with van der Waals surface area (Å²) in [7, 11) is 0. The first-order valence-electron chi connectivity index (χ1n) is 5.57. The SMILES string of the molecule is CC(C)(CC(=O)O)CC(=O)NCCCC(F)(F)F. The van der Waals surface area contributed by atoms with E-state index in [0.717, 1.165) is 0 Å². The molecule has 2 N–H and O–H groups in total. The number of carboxylic acids is 1. The highest BCUT2D eigenvalue weighted by atomic mass is 19.4. The lowest BCUT2D eigenvalue weighted by molar-refractivity contribution is -0.140. The molecule has 0 saturated carbocycles. The van der Waals surface area contributed by atoms with E-state index in [1.54, 1.807) is 13.8 Å². The minimum Gasteiger partial charge on any atom is -0.481 e. The Morgan fingerprint density at radius 1 is 1.17 bits per heavy atom. The second kappa shape index (κ2) is 6.61. The Labute approximate surface area is 104 Å². The van der Waals surface area contributed by atoms with Crippen molar-refractivity contribution in [1.29, 1.82) is 0 Å². The number of carbonyl (C=O) groups excluding carboxylic acids is 1. The highest BCUT2D eigenvalue weighted by Gasteiger charge is 2.27. The molecule has 0 aromatic rings. The molecule has 0 aliphatic heterocycles. The standard InChI is InChI=1S/C11H18F3NO3/c1-10(2,7-9(17)18)6-8(16)15-5-3-4-11(12,13)14/h3-7H2,1-2H3,(H,15,16)(H,17,18). The van der Waals surface area contributed by atoms with Crippen molar-refractivity contribution < 1.29 is 27.9 Å². The van der Waals surface area contributed by atoms with Crippen LogP contribution in [0.25, 0.3) is 0 Å². The summed E-state index contributed by atoms with van der Waals surface area (Å²) >= 11 is 0. The Balaban J connectivity index is 3.87. The van der Waals surface area contributed by atoms with Crippen molar-refractivity contribution in [2.24, 2.45) is 5.41 Å². The number of alkyl halides is 3. The first kappa shape index (κ1) is 16.7. The van der Waals surface area contributed by atoms with Crippen LogP contribution in [-0.4, -0.2) is 29.7 Å². The average molecular weight is 269 g/mol. The summed E-state index contributed by atoms with van der Waals surface area (Å²) in [5, 5.41) is 11.0. The third kappa shape index (κ3) is 9.92. The van der Waals surface area contributed by atoms with E-state index in [4.69, 9.17) is 5.11 Å². The van der Waals surface area contributed by atoms with Gasteiger partial charge >= 0.3 is 12.1 Å². The van der Waals surface area contributed by atoms with Crippen LogP contribution in [0.3, 0.4) is 0 Å². The smallest absolute Gasteiger partial charge is 0.389 e. The number of halogens is 3. The van der Waals surface area contributed by atoms with Gasteiger partial charge in [0.2, 0.25) is 5.91 Å². The van der Waals surface area contributed by atoms with E-state index in [0.29, 0.717) is 0 Å². The van der Waals surface area contributed by atoms with Gasteiger partial charge in [-0.15, -0.1) is 0 Å².